The molecule has 2 rings (SSSR count). The van der Waals surface area contributed by atoms with Crippen LogP contribution in [-0.4, -0.2) is 62.3 Å². The van der Waals surface area contributed by atoms with Crippen LogP contribution in [0.3, 0.4) is 0 Å². The Morgan fingerprint density at radius 2 is 1.93 bits per heavy atom. The van der Waals surface area contributed by atoms with Gasteiger partial charge in [-0.1, -0.05) is 19.9 Å². The third-order valence-electron chi connectivity index (χ3n) is 4.75. The van der Waals surface area contributed by atoms with Gasteiger partial charge in [0.15, 0.2) is 0 Å². The minimum atomic E-state index is -3.63. The Labute approximate surface area is 161 Å². The quantitative estimate of drug-likeness (QED) is 0.659. The number of amides is 1. The van der Waals surface area contributed by atoms with E-state index in [1.807, 2.05) is 0 Å². The van der Waals surface area contributed by atoms with Crippen LogP contribution >= 0.6 is 0 Å². The number of rotatable bonds is 7. The number of likely N-dealkylation sites (tertiary alicyclic amines) is 1. The van der Waals surface area contributed by atoms with Gasteiger partial charge >= 0.3 is 5.97 Å². The van der Waals surface area contributed by atoms with Crippen LogP contribution in [0.1, 0.15) is 44.0 Å². The topological polar surface area (TPSA) is 84.0 Å². The van der Waals surface area contributed by atoms with Crippen LogP contribution < -0.4 is 0 Å². The molecule has 1 aliphatic rings. The summed E-state index contributed by atoms with van der Waals surface area (Å²) in [5.74, 6) is -0.876. The number of carbonyl (C=O) groups excluding carboxylic acids is 2. The summed E-state index contributed by atoms with van der Waals surface area (Å²) in [7, 11) is -3.63. The molecule has 0 N–H and O–H groups in total. The molecule has 1 aliphatic heterocycles. The average molecular weight is 397 g/mol. The molecule has 1 aromatic rings. The fourth-order valence-electron chi connectivity index (χ4n) is 3.30. The maximum Gasteiger partial charge on any atom is 0.310 e. The molecular formula is C19H28N2O5S. The zero-order valence-electron chi connectivity index (χ0n) is 16.2. The van der Waals surface area contributed by atoms with Gasteiger partial charge in [0.25, 0.3) is 5.91 Å². The highest BCUT2D eigenvalue weighted by molar-refractivity contribution is 7.89. The molecule has 1 aromatic carbocycles. The smallest absolute Gasteiger partial charge is 0.310 e. The van der Waals surface area contributed by atoms with Crippen LogP contribution in [0.25, 0.3) is 0 Å². The maximum absolute atomic E-state index is 12.9. The van der Waals surface area contributed by atoms with Gasteiger partial charge < -0.3 is 9.64 Å². The summed E-state index contributed by atoms with van der Waals surface area (Å²) in [6.07, 6.45) is 1.41. The van der Waals surface area contributed by atoms with Gasteiger partial charge in [-0.2, -0.15) is 4.31 Å². The van der Waals surface area contributed by atoms with Crippen LogP contribution in [-0.2, 0) is 19.6 Å². The molecule has 0 radical (unpaired) electrons. The summed E-state index contributed by atoms with van der Waals surface area (Å²) in [5.41, 5.74) is 0.313. The van der Waals surface area contributed by atoms with Crippen molar-refractivity contribution < 1.29 is 22.7 Å². The SMILES string of the molecule is CCOC(=O)[C@@H]1CCCN(C(=O)c2cccc(S(=O)(=O)N(CC)CC)c2)C1. The number of piperidine rings is 1. The van der Waals surface area contributed by atoms with Crippen LogP contribution in [0.5, 0.6) is 0 Å². The zero-order valence-corrected chi connectivity index (χ0v) is 17.0. The largest absolute Gasteiger partial charge is 0.466 e. The molecule has 0 unspecified atom stereocenters. The number of hydrogen-bond donors (Lipinski definition) is 0. The summed E-state index contributed by atoms with van der Waals surface area (Å²) in [6.45, 7) is 7.19. The molecule has 0 aromatic heterocycles. The zero-order chi connectivity index (χ0) is 20.0. The Bertz CT molecular complexity index is 774. The minimum absolute atomic E-state index is 0.107. The van der Waals surface area contributed by atoms with E-state index in [1.165, 1.54) is 16.4 Å². The molecule has 1 saturated heterocycles. The first-order valence-electron chi connectivity index (χ1n) is 9.41. The fraction of sp³-hybridized carbons (Fsp3) is 0.579. The van der Waals surface area contributed by atoms with Crippen LogP contribution in [0, 0.1) is 5.92 Å². The molecule has 0 spiro atoms. The van der Waals surface area contributed by atoms with Gasteiger partial charge in [-0.3, -0.25) is 9.59 Å². The summed E-state index contributed by atoms with van der Waals surface area (Å²) in [4.78, 5) is 26.6. The predicted molar refractivity (Wildman–Crippen MR) is 102 cm³/mol. The molecule has 0 saturated carbocycles. The molecule has 1 atom stereocenters. The van der Waals surface area contributed by atoms with Crippen molar-refractivity contribution in [3.8, 4) is 0 Å². The van der Waals surface area contributed by atoms with E-state index in [1.54, 1.807) is 37.8 Å². The van der Waals surface area contributed by atoms with Gasteiger partial charge in [-0.15, -0.1) is 0 Å². The third-order valence-corrected chi connectivity index (χ3v) is 6.80. The van der Waals surface area contributed by atoms with Gasteiger partial charge in [-0.25, -0.2) is 8.42 Å². The Morgan fingerprint density at radius 1 is 1.22 bits per heavy atom. The first-order valence-corrected chi connectivity index (χ1v) is 10.8. The summed E-state index contributed by atoms with van der Waals surface area (Å²) in [5, 5.41) is 0. The van der Waals surface area contributed by atoms with Crippen LogP contribution in [0.15, 0.2) is 29.2 Å². The van der Waals surface area contributed by atoms with Crippen molar-refractivity contribution >= 4 is 21.9 Å². The number of carbonyl (C=O) groups is 2. The second-order valence-electron chi connectivity index (χ2n) is 6.46. The first kappa shape index (κ1) is 21.4. The Hall–Kier alpha value is -1.93. The van der Waals surface area contributed by atoms with E-state index < -0.39 is 10.0 Å². The van der Waals surface area contributed by atoms with Crippen LogP contribution in [0.4, 0.5) is 0 Å². The van der Waals surface area contributed by atoms with Gasteiger partial charge in [0.1, 0.15) is 0 Å². The lowest BCUT2D eigenvalue weighted by Gasteiger charge is -2.31. The summed E-state index contributed by atoms with van der Waals surface area (Å²) >= 11 is 0. The van der Waals surface area contributed by atoms with Crippen molar-refractivity contribution in [2.75, 3.05) is 32.8 Å². The number of ether oxygens (including phenoxy) is 1. The van der Waals surface area contributed by atoms with Gasteiger partial charge in [0.2, 0.25) is 10.0 Å². The summed E-state index contributed by atoms with van der Waals surface area (Å²) in [6, 6.07) is 6.11. The summed E-state index contributed by atoms with van der Waals surface area (Å²) < 4.78 is 31.8. The Balaban J connectivity index is 2.21. The maximum atomic E-state index is 12.9. The van der Waals surface area contributed by atoms with Crippen LogP contribution in [0.2, 0.25) is 0 Å². The lowest BCUT2D eigenvalue weighted by Crippen LogP contribution is -2.42. The predicted octanol–water partition coefficient (Wildman–Crippen LogP) is 2.13. The van der Waals surface area contributed by atoms with E-state index in [4.69, 9.17) is 4.74 Å². The van der Waals surface area contributed by atoms with E-state index in [2.05, 4.69) is 0 Å². The van der Waals surface area contributed by atoms with Crippen molar-refractivity contribution in [3.63, 3.8) is 0 Å². The number of benzene rings is 1. The number of sulfonamides is 1. The fourth-order valence-corrected chi connectivity index (χ4v) is 4.80. The van der Waals surface area contributed by atoms with Crippen molar-refractivity contribution in [1.29, 1.82) is 0 Å². The highest BCUT2D eigenvalue weighted by atomic mass is 32.2. The monoisotopic (exact) mass is 396 g/mol. The number of esters is 1. The number of nitrogens with zero attached hydrogens (tertiary/aromatic N) is 2. The van der Waals surface area contributed by atoms with E-state index in [9.17, 15) is 18.0 Å². The molecule has 8 heteroatoms. The second-order valence-corrected chi connectivity index (χ2v) is 8.40. The average Bonchev–Trinajstić information content (AvgIpc) is 2.68. The first-order chi connectivity index (χ1) is 12.8. The van der Waals surface area contributed by atoms with E-state index in [0.29, 0.717) is 51.2 Å². The van der Waals surface area contributed by atoms with E-state index >= 15 is 0 Å². The third kappa shape index (κ3) is 4.87. The van der Waals surface area contributed by atoms with Gasteiger partial charge in [0.05, 0.1) is 17.4 Å². The lowest BCUT2D eigenvalue weighted by molar-refractivity contribution is -0.149. The number of hydrogen-bond acceptors (Lipinski definition) is 5. The molecule has 27 heavy (non-hydrogen) atoms. The van der Waals surface area contributed by atoms with Crippen molar-refractivity contribution in [2.24, 2.45) is 5.92 Å². The van der Waals surface area contributed by atoms with E-state index in [0.717, 1.165) is 0 Å². The Morgan fingerprint density at radius 3 is 2.56 bits per heavy atom. The van der Waals surface area contributed by atoms with Gasteiger partial charge in [0, 0.05) is 31.7 Å². The van der Waals surface area contributed by atoms with Crippen molar-refractivity contribution in [2.45, 2.75) is 38.5 Å². The molecule has 0 bridgehead atoms. The highest BCUT2D eigenvalue weighted by Gasteiger charge is 2.30. The molecular weight excluding hydrogens is 368 g/mol. The van der Waals surface area contributed by atoms with Crippen molar-refractivity contribution in [1.82, 2.24) is 9.21 Å². The standard InChI is InChI=1S/C19H28N2O5S/c1-4-21(5-2)27(24,25)17-11-7-9-15(13-17)18(22)20-12-8-10-16(14-20)19(23)26-6-3/h7,9,11,13,16H,4-6,8,10,12,14H2,1-3H3/t16-/m1/s1. The Kier molecular flexibility index (Phi) is 7.38. The molecule has 7 nitrogen and oxygen atoms in total. The van der Waals surface area contributed by atoms with E-state index in [-0.39, 0.29) is 22.7 Å². The second kappa shape index (κ2) is 9.32. The molecule has 150 valence electrons. The molecule has 1 fully saturated rings. The van der Waals surface area contributed by atoms with Crippen molar-refractivity contribution in [3.05, 3.63) is 29.8 Å². The molecule has 1 heterocycles. The molecule has 1 amide bonds. The molecule has 0 aliphatic carbocycles. The minimum Gasteiger partial charge on any atom is -0.466 e. The highest BCUT2D eigenvalue weighted by Crippen LogP contribution is 2.22. The normalized spacial score (nSPS) is 17.8. The lowest BCUT2D eigenvalue weighted by atomic mass is 9.97. The van der Waals surface area contributed by atoms with Gasteiger partial charge in [-0.05, 0) is 38.0 Å².